The van der Waals surface area contributed by atoms with Crippen LogP contribution < -0.4 is 9.47 Å². The second-order valence-electron chi connectivity index (χ2n) is 22.8. The summed E-state index contributed by atoms with van der Waals surface area (Å²) in [6.07, 6.45) is 3.28. The monoisotopic (exact) mass is 1120 g/mol. The van der Waals surface area contributed by atoms with Crippen molar-refractivity contribution >= 4 is 33.5 Å². The fourth-order valence-electron chi connectivity index (χ4n) is 12.1. The van der Waals surface area contributed by atoms with Crippen LogP contribution in [0.3, 0.4) is 0 Å². The summed E-state index contributed by atoms with van der Waals surface area (Å²) in [5.41, 5.74) is 22.6. The number of carbonyl (C=O) groups is 2. The molecule has 0 saturated heterocycles. The van der Waals surface area contributed by atoms with Gasteiger partial charge in [0.05, 0.1) is 0 Å². The molecule has 6 heteroatoms. The highest BCUT2D eigenvalue weighted by Crippen LogP contribution is 2.41. The number of carboxylic acids is 1. The first-order valence-corrected chi connectivity index (χ1v) is 29.8. The zero-order valence-electron chi connectivity index (χ0n) is 49.5. The number of hydrogen-bond donors (Lipinski definition) is 1. The first-order chi connectivity index (χ1) is 41.4. The van der Waals surface area contributed by atoms with Crippen molar-refractivity contribution in [1.82, 2.24) is 0 Å². The van der Waals surface area contributed by atoms with E-state index in [4.69, 9.17) is 14.2 Å². The number of carboxylic acid groups (broad SMARTS) is 1. The molecule has 0 heterocycles. The van der Waals surface area contributed by atoms with E-state index in [1.165, 1.54) is 88.3 Å². The molecule has 0 spiro atoms. The van der Waals surface area contributed by atoms with Crippen LogP contribution in [0, 0.1) is 0 Å². The smallest absolute Gasteiger partial charge is 0.344 e. The highest BCUT2D eigenvalue weighted by atomic mass is 16.6. The molecule has 0 amide bonds. The number of ether oxygens (including phenoxy) is 3. The van der Waals surface area contributed by atoms with Gasteiger partial charge < -0.3 is 19.3 Å². The Bertz CT molecular complexity index is 4220. The van der Waals surface area contributed by atoms with Crippen molar-refractivity contribution in [3.05, 3.63) is 275 Å². The summed E-state index contributed by atoms with van der Waals surface area (Å²) in [4.78, 5) is 23.9. The maximum absolute atomic E-state index is 12.6. The van der Waals surface area contributed by atoms with Gasteiger partial charge in [0.2, 0.25) is 0 Å². The van der Waals surface area contributed by atoms with E-state index in [0.717, 1.165) is 64.6 Å². The standard InChI is InChI=1S/C79H72O6/c1-7-56-43-62(74-37-33-67(47-77(74)52(5)6)84-50-79(82)85-48-53-18-10-9-11-19-53)30-34-69(56)59-23-14-20-54(38-59)39-61-25-16-29-75-71(61)27-17-28-72(75)65-42-55(40-60-24-15-22-58-21-12-13-26-68(58)60)41-64(45-65)70-35-31-63(44-57(70)8-2)73-36-32-66(83-49-78(80)81)46-76(73)51(3)4/h9-38,41-47,51-52H,7-8,39-40,48-50H2,1-6H3,(H,80,81). The van der Waals surface area contributed by atoms with E-state index in [1.807, 2.05) is 48.5 Å². The minimum absolute atomic E-state index is 0.157. The average Bonchev–Trinajstić information content (AvgIpc) is 3.20. The minimum atomic E-state index is -0.997. The zero-order valence-corrected chi connectivity index (χ0v) is 49.5. The molecule has 85 heavy (non-hydrogen) atoms. The van der Waals surface area contributed by atoms with E-state index in [9.17, 15) is 14.7 Å². The number of hydrogen-bond acceptors (Lipinski definition) is 5. The summed E-state index contributed by atoms with van der Waals surface area (Å²) in [5, 5.41) is 14.3. The lowest BCUT2D eigenvalue weighted by atomic mass is 9.86. The van der Waals surface area contributed by atoms with Gasteiger partial charge in [-0.1, -0.05) is 236 Å². The van der Waals surface area contributed by atoms with Gasteiger partial charge in [-0.25, -0.2) is 9.59 Å². The topological polar surface area (TPSA) is 82.1 Å². The lowest BCUT2D eigenvalue weighted by Crippen LogP contribution is -2.15. The summed E-state index contributed by atoms with van der Waals surface area (Å²) >= 11 is 0. The number of aryl methyl sites for hydroxylation is 2. The molecular formula is C79H72O6. The molecule has 0 fully saturated rings. The third-order valence-electron chi connectivity index (χ3n) is 16.4. The lowest BCUT2D eigenvalue weighted by molar-refractivity contribution is -0.147. The third-order valence-corrected chi connectivity index (χ3v) is 16.4. The number of carbonyl (C=O) groups excluding carboxylic acids is 1. The van der Waals surface area contributed by atoms with Crippen molar-refractivity contribution < 1.29 is 28.9 Å². The Kier molecular flexibility index (Phi) is 17.5. The van der Waals surface area contributed by atoms with Crippen molar-refractivity contribution in [2.45, 2.75) is 85.7 Å². The van der Waals surface area contributed by atoms with E-state index in [-0.39, 0.29) is 31.7 Å². The third kappa shape index (κ3) is 13.2. The van der Waals surface area contributed by atoms with Crippen LogP contribution in [0.2, 0.25) is 0 Å². The number of benzene rings is 11. The predicted octanol–water partition coefficient (Wildman–Crippen LogP) is 19.5. The second-order valence-corrected chi connectivity index (χ2v) is 22.8. The van der Waals surface area contributed by atoms with E-state index < -0.39 is 11.9 Å². The molecule has 0 saturated carbocycles. The Morgan fingerprint density at radius 2 is 0.882 bits per heavy atom. The maximum atomic E-state index is 12.6. The van der Waals surface area contributed by atoms with Crippen molar-refractivity contribution in [2.24, 2.45) is 0 Å². The second kappa shape index (κ2) is 26.0. The summed E-state index contributed by atoms with van der Waals surface area (Å²) in [5.74, 6) is 0.224. The van der Waals surface area contributed by atoms with Gasteiger partial charge in [0.25, 0.3) is 0 Å². The largest absolute Gasteiger partial charge is 0.482 e. The molecule has 11 rings (SSSR count). The Morgan fingerprint density at radius 3 is 1.54 bits per heavy atom. The van der Waals surface area contributed by atoms with Gasteiger partial charge in [-0.2, -0.15) is 0 Å². The molecule has 0 aromatic heterocycles. The minimum Gasteiger partial charge on any atom is -0.482 e. The molecule has 11 aromatic carbocycles. The first-order valence-electron chi connectivity index (χ1n) is 29.8. The number of rotatable bonds is 21. The van der Waals surface area contributed by atoms with Gasteiger partial charge in [0.1, 0.15) is 18.1 Å². The molecule has 1 N–H and O–H groups in total. The lowest BCUT2D eigenvalue weighted by Gasteiger charge is -2.19. The number of esters is 1. The van der Waals surface area contributed by atoms with E-state index >= 15 is 0 Å². The molecule has 424 valence electrons. The van der Waals surface area contributed by atoms with Gasteiger partial charge >= 0.3 is 11.9 Å². The number of aliphatic carboxylic acids is 1. The average molecular weight is 1120 g/mol. The molecular weight excluding hydrogens is 1040 g/mol. The van der Waals surface area contributed by atoms with Gasteiger partial charge in [-0.15, -0.1) is 0 Å². The fourth-order valence-corrected chi connectivity index (χ4v) is 12.1. The molecule has 0 radical (unpaired) electrons. The summed E-state index contributed by atoms with van der Waals surface area (Å²) in [6.45, 7) is 12.8. The molecule has 0 aliphatic heterocycles. The highest BCUT2D eigenvalue weighted by Gasteiger charge is 2.19. The maximum Gasteiger partial charge on any atom is 0.344 e. The van der Waals surface area contributed by atoms with Crippen LogP contribution in [0.5, 0.6) is 11.5 Å². The zero-order chi connectivity index (χ0) is 59.0. The molecule has 6 nitrogen and oxygen atoms in total. The van der Waals surface area contributed by atoms with Gasteiger partial charge in [-0.3, -0.25) is 0 Å². The van der Waals surface area contributed by atoms with Crippen LogP contribution in [0.25, 0.3) is 77.2 Å². The Labute approximate surface area is 500 Å². The molecule has 0 bridgehead atoms. The molecule has 0 atom stereocenters. The van der Waals surface area contributed by atoms with Crippen molar-refractivity contribution in [3.8, 4) is 67.1 Å². The normalized spacial score (nSPS) is 11.4. The SMILES string of the molecule is CCc1cc(-c2ccc(OCC(=O)O)cc2C(C)C)ccc1-c1cc(Cc2cccc3ccccc23)cc(-c2cccc3c(Cc4cccc(-c5ccc(-c6ccc(OCC(=O)OCc7ccccc7)cc6C(C)C)cc5CC)c4)cccc23)c1. The van der Waals surface area contributed by atoms with Crippen molar-refractivity contribution in [3.63, 3.8) is 0 Å². The van der Waals surface area contributed by atoms with Crippen molar-refractivity contribution in [1.29, 1.82) is 0 Å². The highest BCUT2D eigenvalue weighted by molar-refractivity contribution is 5.99. The van der Waals surface area contributed by atoms with E-state index in [0.29, 0.717) is 11.5 Å². The predicted molar refractivity (Wildman–Crippen MR) is 349 cm³/mol. The first kappa shape index (κ1) is 57.3. The molecule has 0 aliphatic carbocycles. The fraction of sp³-hybridized carbons (Fsp3) is 0.190. The molecule has 0 aliphatic rings. The van der Waals surface area contributed by atoms with Crippen LogP contribution in [-0.2, 0) is 46.6 Å². The molecule has 0 unspecified atom stereocenters. The van der Waals surface area contributed by atoms with Crippen LogP contribution in [0.1, 0.15) is 103 Å². The van der Waals surface area contributed by atoms with Crippen LogP contribution in [0.15, 0.2) is 224 Å². The van der Waals surface area contributed by atoms with Crippen LogP contribution in [0.4, 0.5) is 0 Å². The van der Waals surface area contributed by atoms with Gasteiger partial charge in [-0.05, 0) is 195 Å². The number of fused-ring (bicyclic) bond motifs is 2. The molecule has 11 aromatic rings. The Balaban J connectivity index is 0.893. The van der Waals surface area contributed by atoms with Crippen LogP contribution in [-0.4, -0.2) is 30.3 Å². The summed E-state index contributed by atoms with van der Waals surface area (Å²) in [7, 11) is 0. The van der Waals surface area contributed by atoms with Crippen LogP contribution >= 0.6 is 0 Å². The quantitative estimate of drug-likeness (QED) is 0.0722. The van der Waals surface area contributed by atoms with E-state index in [2.05, 4.69) is 217 Å². The Morgan fingerprint density at radius 1 is 0.388 bits per heavy atom. The van der Waals surface area contributed by atoms with Gasteiger partial charge in [0.15, 0.2) is 13.2 Å². The Hall–Kier alpha value is -9.52. The van der Waals surface area contributed by atoms with E-state index in [1.54, 1.807) is 0 Å². The summed E-state index contributed by atoms with van der Waals surface area (Å²) < 4.78 is 17.0. The summed E-state index contributed by atoms with van der Waals surface area (Å²) in [6, 6.07) is 80.5. The van der Waals surface area contributed by atoms with Gasteiger partial charge in [0, 0.05) is 0 Å². The van der Waals surface area contributed by atoms with Crippen molar-refractivity contribution in [2.75, 3.05) is 13.2 Å².